The summed E-state index contributed by atoms with van der Waals surface area (Å²) in [4.78, 5) is 10.3. The van der Waals surface area contributed by atoms with Crippen molar-refractivity contribution in [2.75, 3.05) is 23.8 Å². The third kappa shape index (κ3) is 3.93. The van der Waals surface area contributed by atoms with Crippen molar-refractivity contribution in [3.8, 4) is 6.07 Å². The van der Waals surface area contributed by atoms with E-state index in [0.29, 0.717) is 13.0 Å². The van der Waals surface area contributed by atoms with E-state index in [4.69, 9.17) is 5.26 Å². The molecule has 1 heterocycles. The van der Waals surface area contributed by atoms with Crippen molar-refractivity contribution in [3.05, 3.63) is 41.1 Å². The summed E-state index contributed by atoms with van der Waals surface area (Å²) in [5.74, 6) is 1.51. The Hall–Kier alpha value is -2.13. The van der Waals surface area contributed by atoms with Crippen molar-refractivity contribution in [1.29, 1.82) is 5.26 Å². The van der Waals surface area contributed by atoms with E-state index in [2.05, 4.69) is 37.3 Å². The molecule has 2 rings (SSSR count). The number of benzene rings is 1. The van der Waals surface area contributed by atoms with E-state index in [1.807, 2.05) is 42.3 Å². The van der Waals surface area contributed by atoms with Crippen LogP contribution in [-0.4, -0.2) is 23.6 Å². The summed E-state index contributed by atoms with van der Waals surface area (Å²) < 4.78 is 1.03. The Kier molecular flexibility index (Phi) is 4.91. The molecule has 0 atom stereocenters. The monoisotopic (exact) mass is 331 g/mol. The number of hydrogen-bond donors (Lipinski definition) is 1. The molecule has 2 aromatic rings. The van der Waals surface area contributed by atoms with Gasteiger partial charge in [0.25, 0.3) is 0 Å². The summed E-state index contributed by atoms with van der Waals surface area (Å²) in [6.07, 6.45) is 1.98. The van der Waals surface area contributed by atoms with Gasteiger partial charge in [-0.05, 0) is 24.3 Å². The lowest BCUT2D eigenvalue weighted by Crippen LogP contribution is -2.19. The number of halogens is 1. The van der Waals surface area contributed by atoms with E-state index >= 15 is 0 Å². The van der Waals surface area contributed by atoms with Crippen molar-refractivity contribution in [2.45, 2.75) is 6.42 Å². The van der Waals surface area contributed by atoms with E-state index < -0.39 is 0 Å². The molecular formula is C14H14BrN5. The molecule has 20 heavy (non-hydrogen) atoms. The largest absolute Gasteiger partial charge is 0.358 e. The van der Waals surface area contributed by atoms with Crippen molar-refractivity contribution in [2.24, 2.45) is 0 Å². The van der Waals surface area contributed by atoms with Crippen molar-refractivity contribution in [1.82, 2.24) is 9.97 Å². The Morgan fingerprint density at radius 1 is 1.30 bits per heavy atom. The molecule has 0 saturated heterocycles. The molecular weight excluding hydrogens is 318 g/mol. The van der Waals surface area contributed by atoms with Crippen molar-refractivity contribution < 1.29 is 0 Å². The van der Waals surface area contributed by atoms with Gasteiger partial charge in [0.15, 0.2) is 0 Å². The summed E-state index contributed by atoms with van der Waals surface area (Å²) in [6, 6.07) is 11.8. The highest BCUT2D eigenvalue weighted by molar-refractivity contribution is 9.10. The highest BCUT2D eigenvalue weighted by Gasteiger charge is 2.04. The summed E-state index contributed by atoms with van der Waals surface area (Å²) in [5, 5.41) is 11.8. The number of nitriles is 1. The zero-order valence-corrected chi connectivity index (χ0v) is 12.6. The van der Waals surface area contributed by atoms with E-state index in [-0.39, 0.29) is 0 Å². The third-order valence-corrected chi connectivity index (χ3v) is 3.25. The molecule has 0 aliphatic rings. The Balaban J connectivity index is 2.09. The van der Waals surface area contributed by atoms with Gasteiger partial charge in [-0.1, -0.05) is 15.9 Å². The van der Waals surface area contributed by atoms with E-state index in [9.17, 15) is 0 Å². The number of anilines is 3. The van der Waals surface area contributed by atoms with E-state index in [1.165, 1.54) is 6.33 Å². The standard InChI is InChI=1S/C14H14BrN5/c1-20(8-2-7-16)14-9-13(17-10-18-14)19-12-5-3-11(15)4-6-12/h3-6,9-10H,2,8H2,1H3,(H,17,18,19). The fourth-order valence-corrected chi connectivity index (χ4v) is 1.90. The zero-order valence-electron chi connectivity index (χ0n) is 11.0. The third-order valence-electron chi connectivity index (χ3n) is 2.72. The van der Waals surface area contributed by atoms with Gasteiger partial charge >= 0.3 is 0 Å². The highest BCUT2D eigenvalue weighted by atomic mass is 79.9. The maximum absolute atomic E-state index is 8.61. The van der Waals surface area contributed by atoms with Gasteiger partial charge in [0.1, 0.15) is 18.0 Å². The first-order valence-electron chi connectivity index (χ1n) is 6.12. The van der Waals surface area contributed by atoms with Crippen LogP contribution in [0.25, 0.3) is 0 Å². The van der Waals surface area contributed by atoms with Crippen LogP contribution in [0.3, 0.4) is 0 Å². The van der Waals surface area contributed by atoms with Crippen LogP contribution in [0.15, 0.2) is 41.1 Å². The predicted molar refractivity (Wildman–Crippen MR) is 83.0 cm³/mol. The normalized spacial score (nSPS) is 9.85. The summed E-state index contributed by atoms with van der Waals surface area (Å²) >= 11 is 3.40. The van der Waals surface area contributed by atoms with Crippen LogP contribution in [0.1, 0.15) is 6.42 Å². The van der Waals surface area contributed by atoms with Gasteiger partial charge in [-0.15, -0.1) is 0 Å². The Morgan fingerprint density at radius 3 is 2.75 bits per heavy atom. The molecule has 6 heteroatoms. The minimum absolute atomic E-state index is 0.468. The van der Waals surface area contributed by atoms with Crippen molar-refractivity contribution >= 4 is 33.3 Å². The van der Waals surface area contributed by atoms with Gasteiger partial charge in [-0.2, -0.15) is 5.26 Å². The number of aromatic nitrogens is 2. The van der Waals surface area contributed by atoms with Gasteiger partial charge < -0.3 is 10.2 Å². The summed E-state index contributed by atoms with van der Waals surface area (Å²) in [6.45, 7) is 0.644. The summed E-state index contributed by atoms with van der Waals surface area (Å²) in [7, 11) is 1.91. The zero-order chi connectivity index (χ0) is 14.4. The molecule has 0 unspecified atom stereocenters. The van der Waals surface area contributed by atoms with Crippen LogP contribution in [0.5, 0.6) is 0 Å². The van der Waals surface area contributed by atoms with Crippen LogP contribution >= 0.6 is 15.9 Å². The van der Waals surface area contributed by atoms with Crippen LogP contribution < -0.4 is 10.2 Å². The average Bonchev–Trinajstić information content (AvgIpc) is 2.47. The van der Waals surface area contributed by atoms with Gasteiger partial charge in [0, 0.05) is 29.8 Å². The number of nitrogens with one attached hydrogen (secondary N) is 1. The fraction of sp³-hybridized carbons (Fsp3) is 0.214. The first-order chi connectivity index (χ1) is 9.69. The lowest BCUT2D eigenvalue weighted by atomic mass is 10.3. The quantitative estimate of drug-likeness (QED) is 0.910. The van der Waals surface area contributed by atoms with Gasteiger partial charge in [0.2, 0.25) is 0 Å². The number of hydrogen-bond acceptors (Lipinski definition) is 5. The maximum atomic E-state index is 8.61. The Bertz CT molecular complexity index is 606. The molecule has 0 radical (unpaired) electrons. The van der Waals surface area contributed by atoms with Crippen LogP contribution in [0.4, 0.5) is 17.3 Å². The second-order valence-electron chi connectivity index (χ2n) is 4.22. The predicted octanol–water partition coefficient (Wildman–Crippen LogP) is 3.33. The molecule has 0 spiro atoms. The molecule has 0 amide bonds. The molecule has 0 saturated carbocycles. The van der Waals surface area contributed by atoms with E-state index in [0.717, 1.165) is 21.8 Å². The Morgan fingerprint density at radius 2 is 2.05 bits per heavy atom. The minimum Gasteiger partial charge on any atom is -0.358 e. The smallest absolute Gasteiger partial charge is 0.135 e. The van der Waals surface area contributed by atoms with Crippen LogP contribution in [0.2, 0.25) is 0 Å². The Labute approximate surface area is 126 Å². The van der Waals surface area contributed by atoms with Gasteiger partial charge in [-0.25, -0.2) is 9.97 Å². The maximum Gasteiger partial charge on any atom is 0.135 e. The molecule has 0 bridgehead atoms. The molecule has 0 fully saturated rings. The van der Waals surface area contributed by atoms with Gasteiger partial charge in [0.05, 0.1) is 12.5 Å². The lowest BCUT2D eigenvalue weighted by Gasteiger charge is -2.16. The molecule has 102 valence electrons. The molecule has 1 N–H and O–H groups in total. The highest BCUT2D eigenvalue weighted by Crippen LogP contribution is 2.19. The van der Waals surface area contributed by atoms with Gasteiger partial charge in [-0.3, -0.25) is 0 Å². The topological polar surface area (TPSA) is 64.8 Å². The lowest BCUT2D eigenvalue weighted by molar-refractivity contribution is 0.880. The minimum atomic E-state index is 0.468. The van der Waals surface area contributed by atoms with Crippen LogP contribution in [0, 0.1) is 11.3 Å². The molecule has 1 aromatic heterocycles. The fourth-order valence-electron chi connectivity index (χ4n) is 1.64. The average molecular weight is 332 g/mol. The second kappa shape index (κ2) is 6.87. The first-order valence-corrected chi connectivity index (χ1v) is 6.91. The first kappa shape index (κ1) is 14.3. The van der Waals surface area contributed by atoms with Crippen molar-refractivity contribution in [3.63, 3.8) is 0 Å². The van der Waals surface area contributed by atoms with E-state index in [1.54, 1.807) is 0 Å². The molecule has 1 aromatic carbocycles. The SMILES string of the molecule is CN(CCC#N)c1cc(Nc2ccc(Br)cc2)ncn1. The van der Waals surface area contributed by atoms with Crippen LogP contribution in [-0.2, 0) is 0 Å². The number of rotatable bonds is 5. The number of nitrogens with zero attached hydrogens (tertiary/aromatic N) is 4. The second-order valence-corrected chi connectivity index (χ2v) is 5.14. The summed E-state index contributed by atoms with van der Waals surface area (Å²) in [5.41, 5.74) is 0.956. The molecule has 0 aliphatic carbocycles. The molecule has 5 nitrogen and oxygen atoms in total. The molecule has 0 aliphatic heterocycles.